The lowest BCUT2D eigenvalue weighted by molar-refractivity contribution is 0.200. The van der Waals surface area contributed by atoms with E-state index >= 15 is 0 Å². The van der Waals surface area contributed by atoms with E-state index in [9.17, 15) is 0 Å². The standard InChI is InChI=1S/C15H27N3/c1-4-12-6-7-15(16-5-2)14(8-12)9-13-10-17-18(3)11-13/h10-12,14-16H,4-9H2,1-3H3. The van der Waals surface area contributed by atoms with Crippen molar-refractivity contribution in [1.82, 2.24) is 15.1 Å². The summed E-state index contributed by atoms with van der Waals surface area (Å²) in [4.78, 5) is 0. The molecular weight excluding hydrogens is 222 g/mol. The van der Waals surface area contributed by atoms with E-state index in [-0.39, 0.29) is 0 Å². The predicted molar refractivity (Wildman–Crippen MR) is 75.5 cm³/mol. The molecule has 1 fully saturated rings. The zero-order valence-electron chi connectivity index (χ0n) is 12.0. The molecule has 3 heteroatoms. The van der Waals surface area contributed by atoms with Gasteiger partial charge in [-0.05, 0) is 49.6 Å². The first-order valence-electron chi connectivity index (χ1n) is 7.43. The molecule has 0 bridgehead atoms. The number of aryl methyl sites for hydroxylation is 1. The minimum atomic E-state index is 0.706. The maximum absolute atomic E-state index is 4.29. The number of nitrogens with one attached hydrogen (secondary N) is 1. The van der Waals surface area contributed by atoms with Gasteiger partial charge in [-0.15, -0.1) is 0 Å². The van der Waals surface area contributed by atoms with Crippen molar-refractivity contribution in [2.45, 2.75) is 52.0 Å². The molecule has 0 saturated heterocycles. The molecule has 0 amide bonds. The third-order valence-electron chi connectivity index (χ3n) is 4.39. The van der Waals surface area contributed by atoms with Crippen molar-refractivity contribution >= 4 is 0 Å². The zero-order valence-corrected chi connectivity index (χ0v) is 12.0. The summed E-state index contributed by atoms with van der Waals surface area (Å²) in [6.45, 7) is 5.64. The van der Waals surface area contributed by atoms with E-state index in [1.54, 1.807) is 0 Å². The van der Waals surface area contributed by atoms with Gasteiger partial charge in [0.15, 0.2) is 0 Å². The molecule has 1 aliphatic rings. The Morgan fingerprint density at radius 3 is 2.83 bits per heavy atom. The average molecular weight is 249 g/mol. The minimum Gasteiger partial charge on any atom is -0.314 e. The lowest BCUT2D eigenvalue weighted by atomic mass is 9.74. The molecule has 1 aromatic rings. The molecule has 102 valence electrons. The van der Waals surface area contributed by atoms with Gasteiger partial charge in [0.2, 0.25) is 0 Å². The van der Waals surface area contributed by atoms with Crippen LogP contribution in [0.1, 0.15) is 45.1 Å². The molecule has 0 radical (unpaired) electrons. The number of hydrogen-bond donors (Lipinski definition) is 1. The van der Waals surface area contributed by atoms with Crippen LogP contribution < -0.4 is 5.32 Å². The average Bonchev–Trinajstić information content (AvgIpc) is 2.77. The van der Waals surface area contributed by atoms with Crippen molar-refractivity contribution < 1.29 is 0 Å². The summed E-state index contributed by atoms with van der Waals surface area (Å²) in [5, 5.41) is 7.97. The fourth-order valence-electron chi connectivity index (χ4n) is 3.37. The summed E-state index contributed by atoms with van der Waals surface area (Å²) in [5.74, 6) is 1.72. The molecular formula is C15H27N3. The van der Waals surface area contributed by atoms with Gasteiger partial charge in [0.25, 0.3) is 0 Å². The zero-order chi connectivity index (χ0) is 13.0. The molecule has 18 heavy (non-hydrogen) atoms. The molecule has 3 atom stereocenters. The molecule has 0 aromatic carbocycles. The summed E-state index contributed by atoms with van der Waals surface area (Å²) in [7, 11) is 2.00. The fraction of sp³-hybridized carbons (Fsp3) is 0.800. The Morgan fingerprint density at radius 2 is 2.22 bits per heavy atom. The maximum atomic E-state index is 4.29. The molecule has 2 rings (SSSR count). The summed E-state index contributed by atoms with van der Waals surface area (Å²) in [5.41, 5.74) is 1.39. The van der Waals surface area contributed by atoms with Gasteiger partial charge < -0.3 is 5.32 Å². The monoisotopic (exact) mass is 249 g/mol. The van der Waals surface area contributed by atoms with Crippen molar-refractivity contribution in [3.05, 3.63) is 18.0 Å². The fourth-order valence-corrected chi connectivity index (χ4v) is 3.37. The van der Waals surface area contributed by atoms with Crippen LogP contribution in [0.15, 0.2) is 12.4 Å². The quantitative estimate of drug-likeness (QED) is 0.869. The second kappa shape index (κ2) is 6.37. The summed E-state index contributed by atoms with van der Waals surface area (Å²) in [6, 6.07) is 0.706. The van der Waals surface area contributed by atoms with Crippen LogP contribution in [0.3, 0.4) is 0 Å². The third-order valence-corrected chi connectivity index (χ3v) is 4.39. The van der Waals surface area contributed by atoms with Crippen LogP contribution in [0.2, 0.25) is 0 Å². The molecule has 1 heterocycles. The molecule has 1 N–H and O–H groups in total. The van der Waals surface area contributed by atoms with Crippen molar-refractivity contribution in [3.8, 4) is 0 Å². The highest BCUT2D eigenvalue weighted by Gasteiger charge is 2.29. The molecule has 1 aliphatic carbocycles. The highest BCUT2D eigenvalue weighted by Crippen LogP contribution is 2.33. The van der Waals surface area contributed by atoms with Crippen molar-refractivity contribution in [2.75, 3.05) is 6.54 Å². The van der Waals surface area contributed by atoms with E-state index < -0.39 is 0 Å². The van der Waals surface area contributed by atoms with Crippen LogP contribution in [0, 0.1) is 11.8 Å². The van der Waals surface area contributed by atoms with Gasteiger partial charge in [-0.25, -0.2) is 0 Å². The summed E-state index contributed by atoms with van der Waals surface area (Å²) in [6.07, 6.45) is 10.8. The lowest BCUT2D eigenvalue weighted by Gasteiger charge is -2.36. The Kier molecular flexibility index (Phi) is 4.81. The van der Waals surface area contributed by atoms with E-state index in [0.717, 1.165) is 18.4 Å². The van der Waals surface area contributed by atoms with Gasteiger partial charge in [-0.1, -0.05) is 20.3 Å². The van der Waals surface area contributed by atoms with E-state index in [0.29, 0.717) is 6.04 Å². The topological polar surface area (TPSA) is 29.9 Å². The first-order chi connectivity index (χ1) is 8.72. The van der Waals surface area contributed by atoms with Crippen molar-refractivity contribution in [3.63, 3.8) is 0 Å². The second-order valence-corrected chi connectivity index (χ2v) is 5.74. The van der Waals surface area contributed by atoms with Crippen LogP contribution in [0.5, 0.6) is 0 Å². The Balaban J connectivity index is 2.00. The molecule has 0 spiro atoms. The van der Waals surface area contributed by atoms with Crippen LogP contribution in [0.25, 0.3) is 0 Å². The Morgan fingerprint density at radius 1 is 1.39 bits per heavy atom. The number of nitrogens with zero attached hydrogens (tertiary/aromatic N) is 2. The lowest BCUT2D eigenvalue weighted by Crippen LogP contribution is -2.41. The van der Waals surface area contributed by atoms with Crippen LogP contribution in [0.4, 0.5) is 0 Å². The SMILES string of the molecule is CCNC1CCC(CC)CC1Cc1cnn(C)c1. The Labute approximate surface area is 111 Å². The van der Waals surface area contributed by atoms with Gasteiger partial charge in [-0.3, -0.25) is 4.68 Å². The first-order valence-corrected chi connectivity index (χ1v) is 7.43. The van der Waals surface area contributed by atoms with E-state index in [4.69, 9.17) is 0 Å². The highest BCUT2D eigenvalue weighted by molar-refractivity contribution is 5.06. The molecule has 0 aliphatic heterocycles. The summed E-state index contributed by atoms with van der Waals surface area (Å²) >= 11 is 0. The van der Waals surface area contributed by atoms with Gasteiger partial charge in [0.05, 0.1) is 6.20 Å². The molecule has 3 nitrogen and oxygen atoms in total. The smallest absolute Gasteiger partial charge is 0.0521 e. The number of rotatable bonds is 5. The number of hydrogen-bond acceptors (Lipinski definition) is 2. The second-order valence-electron chi connectivity index (χ2n) is 5.74. The predicted octanol–water partition coefficient (Wildman–Crippen LogP) is 2.77. The maximum Gasteiger partial charge on any atom is 0.0521 e. The van der Waals surface area contributed by atoms with Crippen molar-refractivity contribution in [1.29, 1.82) is 0 Å². The highest BCUT2D eigenvalue weighted by atomic mass is 15.2. The van der Waals surface area contributed by atoms with E-state index in [2.05, 4.69) is 30.5 Å². The van der Waals surface area contributed by atoms with E-state index in [1.807, 2.05) is 17.9 Å². The minimum absolute atomic E-state index is 0.706. The largest absolute Gasteiger partial charge is 0.314 e. The van der Waals surface area contributed by atoms with Gasteiger partial charge in [0, 0.05) is 19.3 Å². The van der Waals surface area contributed by atoms with Crippen LogP contribution in [-0.2, 0) is 13.5 Å². The molecule has 3 unspecified atom stereocenters. The van der Waals surface area contributed by atoms with E-state index in [1.165, 1.54) is 37.7 Å². The molecule has 1 saturated carbocycles. The van der Waals surface area contributed by atoms with Gasteiger partial charge in [-0.2, -0.15) is 5.10 Å². The van der Waals surface area contributed by atoms with Gasteiger partial charge in [0.1, 0.15) is 0 Å². The van der Waals surface area contributed by atoms with Gasteiger partial charge >= 0.3 is 0 Å². The number of aromatic nitrogens is 2. The summed E-state index contributed by atoms with van der Waals surface area (Å²) < 4.78 is 1.91. The van der Waals surface area contributed by atoms with Crippen molar-refractivity contribution in [2.24, 2.45) is 18.9 Å². The van der Waals surface area contributed by atoms with Crippen LogP contribution >= 0.6 is 0 Å². The van der Waals surface area contributed by atoms with Crippen LogP contribution in [-0.4, -0.2) is 22.4 Å². The Hall–Kier alpha value is -0.830. The third kappa shape index (κ3) is 3.35. The first kappa shape index (κ1) is 13.6. The normalized spacial score (nSPS) is 28.5. The molecule has 1 aromatic heterocycles. The Bertz CT molecular complexity index is 358.